The molecule has 0 unspecified atom stereocenters. The number of halogens is 1. The minimum absolute atomic E-state index is 0.169. The molecule has 0 aliphatic carbocycles. The monoisotopic (exact) mass is 376 g/mol. The molecule has 5 aromatic rings. The van der Waals surface area contributed by atoms with Gasteiger partial charge in [-0.3, -0.25) is 4.40 Å². The first-order chi connectivity index (χ1) is 13.1. The summed E-state index contributed by atoms with van der Waals surface area (Å²) in [6.07, 6.45) is 3.37. The van der Waals surface area contributed by atoms with E-state index in [4.69, 9.17) is 11.6 Å². The van der Waals surface area contributed by atoms with E-state index in [0.717, 1.165) is 22.2 Å². The third-order valence-electron chi connectivity index (χ3n) is 4.48. The van der Waals surface area contributed by atoms with Crippen LogP contribution >= 0.6 is 11.6 Å². The van der Waals surface area contributed by atoms with E-state index in [-0.39, 0.29) is 5.75 Å². The van der Waals surface area contributed by atoms with Crippen LogP contribution in [0.2, 0.25) is 5.02 Å². The third-order valence-corrected chi connectivity index (χ3v) is 4.89. The number of aromatic nitrogens is 6. The molecule has 0 radical (unpaired) electrons. The van der Waals surface area contributed by atoms with E-state index >= 15 is 0 Å². The van der Waals surface area contributed by atoms with Crippen LogP contribution in [0.1, 0.15) is 5.56 Å². The Balaban J connectivity index is 1.71. The molecule has 2 aromatic carbocycles. The van der Waals surface area contributed by atoms with Crippen LogP contribution in [0.3, 0.4) is 0 Å². The molecule has 0 amide bonds. The van der Waals surface area contributed by atoms with E-state index in [9.17, 15) is 5.11 Å². The summed E-state index contributed by atoms with van der Waals surface area (Å²) >= 11 is 6.25. The second kappa shape index (κ2) is 5.78. The molecule has 3 heterocycles. The van der Waals surface area contributed by atoms with E-state index in [1.807, 2.05) is 31.2 Å². The Hall–Kier alpha value is -3.45. The Morgan fingerprint density at radius 3 is 2.74 bits per heavy atom. The SMILES string of the molecule is Cc1ccc(-n2ncc3c2ncn2c(-c4cccc(O)c4)nnc32)cc1Cl. The number of phenols is 1. The standard InChI is InChI=1S/C19H13ClN6O/c1-11-5-6-13(8-16(11)20)26-18-15(9-22-26)19-24-23-17(25(19)10-21-18)12-3-2-4-14(27)7-12/h2-10,27H,1H3. The minimum atomic E-state index is 0.169. The molecule has 1 N–H and O–H groups in total. The number of fused-ring (bicyclic) bond motifs is 3. The van der Waals surface area contributed by atoms with Gasteiger partial charge in [0.1, 0.15) is 12.1 Å². The lowest BCUT2D eigenvalue weighted by Crippen LogP contribution is -1.99. The lowest BCUT2D eigenvalue weighted by Gasteiger charge is -2.05. The van der Waals surface area contributed by atoms with E-state index in [2.05, 4.69) is 20.3 Å². The van der Waals surface area contributed by atoms with Gasteiger partial charge in [-0.15, -0.1) is 10.2 Å². The zero-order valence-electron chi connectivity index (χ0n) is 14.2. The van der Waals surface area contributed by atoms with Crippen molar-refractivity contribution in [3.05, 3.63) is 65.6 Å². The molecule has 0 aliphatic heterocycles. The number of nitrogens with zero attached hydrogens (tertiary/aromatic N) is 6. The number of rotatable bonds is 2. The highest BCUT2D eigenvalue weighted by Gasteiger charge is 2.16. The van der Waals surface area contributed by atoms with Crippen LogP contribution in [0.4, 0.5) is 0 Å². The van der Waals surface area contributed by atoms with Crippen LogP contribution in [-0.4, -0.2) is 34.5 Å². The molecule has 3 aromatic heterocycles. The minimum Gasteiger partial charge on any atom is -0.508 e. The summed E-state index contributed by atoms with van der Waals surface area (Å²) in [4.78, 5) is 4.56. The molecular formula is C19H13ClN6O. The maximum absolute atomic E-state index is 9.73. The first kappa shape index (κ1) is 15.8. The van der Waals surface area contributed by atoms with E-state index in [1.54, 1.807) is 39.8 Å². The highest BCUT2D eigenvalue weighted by atomic mass is 35.5. The average Bonchev–Trinajstić information content (AvgIpc) is 3.27. The van der Waals surface area contributed by atoms with Gasteiger partial charge in [0.05, 0.1) is 17.3 Å². The molecule has 5 rings (SSSR count). The summed E-state index contributed by atoms with van der Waals surface area (Å²) in [7, 11) is 0. The summed E-state index contributed by atoms with van der Waals surface area (Å²) in [5, 5.41) is 24.2. The van der Waals surface area contributed by atoms with Crippen molar-refractivity contribution in [1.82, 2.24) is 29.4 Å². The Bertz CT molecular complexity index is 1320. The Labute approximate surface area is 158 Å². The lowest BCUT2D eigenvalue weighted by atomic mass is 10.2. The molecule has 0 spiro atoms. The molecule has 0 atom stereocenters. The van der Waals surface area contributed by atoms with Crippen LogP contribution < -0.4 is 0 Å². The topological polar surface area (TPSA) is 81.1 Å². The largest absolute Gasteiger partial charge is 0.508 e. The number of benzene rings is 2. The summed E-state index contributed by atoms with van der Waals surface area (Å²) in [6, 6.07) is 12.6. The molecule has 0 bridgehead atoms. The highest BCUT2D eigenvalue weighted by Crippen LogP contribution is 2.26. The smallest absolute Gasteiger partial charge is 0.175 e. The number of hydrogen-bond donors (Lipinski definition) is 1. The van der Waals surface area contributed by atoms with Crippen molar-refractivity contribution in [2.45, 2.75) is 6.92 Å². The zero-order chi connectivity index (χ0) is 18.5. The fourth-order valence-electron chi connectivity index (χ4n) is 3.07. The van der Waals surface area contributed by atoms with Crippen molar-refractivity contribution in [2.75, 3.05) is 0 Å². The van der Waals surface area contributed by atoms with Gasteiger partial charge in [0.2, 0.25) is 0 Å². The van der Waals surface area contributed by atoms with E-state index in [1.165, 1.54) is 0 Å². The maximum Gasteiger partial charge on any atom is 0.175 e. The van der Waals surface area contributed by atoms with Crippen LogP contribution in [0.15, 0.2) is 55.0 Å². The van der Waals surface area contributed by atoms with Crippen LogP contribution in [0.5, 0.6) is 5.75 Å². The van der Waals surface area contributed by atoms with Gasteiger partial charge in [0, 0.05) is 10.6 Å². The molecule has 0 fully saturated rings. The Morgan fingerprint density at radius 1 is 1.04 bits per heavy atom. The lowest BCUT2D eigenvalue weighted by molar-refractivity contribution is 0.475. The van der Waals surface area contributed by atoms with Crippen LogP contribution in [0.25, 0.3) is 33.8 Å². The molecule has 27 heavy (non-hydrogen) atoms. The van der Waals surface area contributed by atoms with Gasteiger partial charge in [0.25, 0.3) is 0 Å². The van der Waals surface area contributed by atoms with Gasteiger partial charge in [-0.05, 0) is 36.8 Å². The predicted molar refractivity (Wildman–Crippen MR) is 102 cm³/mol. The molecule has 132 valence electrons. The summed E-state index contributed by atoms with van der Waals surface area (Å²) in [5.74, 6) is 0.767. The van der Waals surface area contributed by atoms with Crippen LogP contribution in [0, 0.1) is 6.92 Å². The van der Waals surface area contributed by atoms with E-state index < -0.39 is 0 Å². The molecule has 0 saturated heterocycles. The number of aromatic hydroxyl groups is 1. The molecule has 8 heteroatoms. The fraction of sp³-hybridized carbons (Fsp3) is 0.0526. The predicted octanol–water partition coefficient (Wildman–Crippen LogP) is 3.80. The first-order valence-corrected chi connectivity index (χ1v) is 8.63. The highest BCUT2D eigenvalue weighted by molar-refractivity contribution is 6.31. The number of hydrogen-bond acceptors (Lipinski definition) is 5. The molecule has 0 aliphatic rings. The van der Waals surface area contributed by atoms with Crippen molar-refractivity contribution in [3.63, 3.8) is 0 Å². The third kappa shape index (κ3) is 2.43. The van der Waals surface area contributed by atoms with Gasteiger partial charge >= 0.3 is 0 Å². The average molecular weight is 377 g/mol. The fourth-order valence-corrected chi connectivity index (χ4v) is 3.24. The summed E-state index contributed by atoms with van der Waals surface area (Å²) in [6.45, 7) is 1.95. The molecule has 7 nitrogen and oxygen atoms in total. The van der Waals surface area contributed by atoms with Crippen molar-refractivity contribution >= 4 is 28.3 Å². The van der Waals surface area contributed by atoms with Gasteiger partial charge < -0.3 is 5.11 Å². The Morgan fingerprint density at radius 2 is 1.93 bits per heavy atom. The van der Waals surface area contributed by atoms with Crippen molar-refractivity contribution in [1.29, 1.82) is 0 Å². The molecule has 0 saturated carbocycles. The van der Waals surface area contributed by atoms with E-state index in [0.29, 0.717) is 22.1 Å². The number of aryl methyl sites for hydroxylation is 1. The summed E-state index contributed by atoms with van der Waals surface area (Å²) < 4.78 is 3.51. The summed E-state index contributed by atoms with van der Waals surface area (Å²) in [5.41, 5.74) is 3.88. The van der Waals surface area contributed by atoms with Crippen molar-refractivity contribution in [3.8, 4) is 22.8 Å². The van der Waals surface area contributed by atoms with Crippen molar-refractivity contribution in [2.24, 2.45) is 0 Å². The normalized spacial score (nSPS) is 11.5. The maximum atomic E-state index is 9.73. The second-order valence-electron chi connectivity index (χ2n) is 6.24. The van der Waals surface area contributed by atoms with Gasteiger partial charge in [0.15, 0.2) is 17.1 Å². The Kier molecular flexibility index (Phi) is 3.38. The van der Waals surface area contributed by atoms with Crippen LogP contribution in [-0.2, 0) is 0 Å². The molecular weight excluding hydrogens is 364 g/mol. The first-order valence-electron chi connectivity index (χ1n) is 8.25. The van der Waals surface area contributed by atoms with Crippen molar-refractivity contribution < 1.29 is 5.11 Å². The quantitative estimate of drug-likeness (QED) is 0.507. The second-order valence-corrected chi connectivity index (χ2v) is 6.65. The van der Waals surface area contributed by atoms with Gasteiger partial charge in [-0.1, -0.05) is 29.8 Å². The van der Waals surface area contributed by atoms with Gasteiger partial charge in [-0.2, -0.15) is 5.10 Å². The zero-order valence-corrected chi connectivity index (χ0v) is 15.0. The number of phenolic OH excluding ortho intramolecular Hbond substituents is 1. The van der Waals surface area contributed by atoms with Gasteiger partial charge in [-0.25, -0.2) is 9.67 Å².